The van der Waals surface area contributed by atoms with Crippen LogP contribution in [-0.2, 0) is 10.0 Å². The molecule has 0 amide bonds. The predicted octanol–water partition coefficient (Wildman–Crippen LogP) is 2.96. The standard InChI is InChI=1S/C9H11ClN2O2S2/c1-3-5(2)8-11-6-4-7(10)15-9(6)16(13,14)12-8/h4-5H,3H2,1-2H3,(H,11,12)/t5-/m1/s1. The average molecular weight is 279 g/mol. The molecule has 4 nitrogen and oxygen atoms in total. The lowest BCUT2D eigenvalue weighted by Crippen LogP contribution is -2.25. The van der Waals surface area contributed by atoms with E-state index >= 15 is 0 Å². The Bertz CT molecular complexity index is 548. The molecule has 0 saturated heterocycles. The van der Waals surface area contributed by atoms with Crippen LogP contribution in [0.1, 0.15) is 20.3 Å². The van der Waals surface area contributed by atoms with E-state index < -0.39 is 10.0 Å². The summed E-state index contributed by atoms with van der Waals surface area (Å²) in [5.74, 6) is 0.575. The third kappa shape index (κ3) is 1.97. The zero-order valence-corrected chi connectivity index (χ0v) is 11.2. The van der Waals surface area contributed by atoms with Crippen molar-refractivity contribution in [2.24, 2.45) is 10.3 Å². The minimum absolute atomic E-state index is 0.0848. The number of amidine groups is 1. The number of halogens is 1. The summed E-state index contributed by atoms with van der Waals surface area (Å²) in [5.41, 5.74) is 0.542. The van der Waals surface area contributed by atoms with Gasteiger partial charge in [0.2, 0.25) is 0 Å². The summed E-state index contributed by atoms with van der Waals surface area (Å²) in [6.07, 6.45) is 0.828. The van der Waals surface area contributed by atoms with Gasteiger partial charge < -0.3 is 5.32 Å². The molecule has 16 heavy (non-hydrogen) atoms. The monoisotopic (exact) mass is 278 g/mol. The Morgan fingerprint density at radius 3 is 2.94 bits per heavy atom. The van der Waals surface area contributed by atoms with Crippen molar-refractivity contribution in [3.63, 3.8) is 0 Å². The molecule has 2 heterocycles. The van der Waals surface area contributed by atoms with Crippen molar-refractivity contribution in [2.75, 3.05) is 5.32 Å². The molecule has 1 aliphatic rings. The van der Waals surface area contributed by atoms with Gasteiger partial charge in [-0.2, -0.15) is 8.42 Å². The SMILES string of the molecule is CC[C@@H](C)C1=NS(=O)(=O)c2sc(Cl)cc2N1. The molecule has 0 radical (unpaired) electrons. The molecular weight excluding hydrogens is 268 g/mol. The Balaban J connectivity index is 2.50. The van der Waals surface area contributed by atoms with E-state index in [1.54, 1.807) is 6.07 Å². The Morgan fingerprint density at radius 1 is 1.62 bits per heavy atom. The van der Waals surface area contributed by atoms with Gasteiger partial charge in [0.25, 0.3) is 10.0 Å². The van der Waals surface area contributed by atoms with Gasteiger partial charge in [-0.05, 0) is 12.5 Å². The highest BCUT2D eigenvalue weighted by Crippen LogP contribution is 2.38. The Hall–Kier alpha value is -0.590. The van der Waals surface area contributed by atoms with Gasteiger partial charge in [-0.25, -0.2) is 0 Å². The number of nitrogens with one attached hydrogen (secondary N) is 1. The lowest BCUT2D eigenvalue weighted by Gasteiger charge is -2.18. The molecule has 0 fully saturated rings. The van der Waals surface area contributed by atoms with Gasteiger partial charge in [0.15, 0.2) is 4.21 Å². The molecule has 7 heteroatoms. The van der Waals surface area contributed by atoms with E-state index in [-0.39, 0.29) is 10.1 Å². The molecule has 0 bridgehead atoms. The summed E-state index contributed by atoms with van der Waals surface area (Å²) in [6, 6.07) is 1.62. The lowest BCUT2D eigenvalue weighted by atomic mass is 10.1. The lowest BCUT2D eigenvalue weighted by molar-refractivity contribution is 0.598. The van der Waals surface area contributed by atoms with Crippen LogP contribution in [-0.4, -0.2) is 14.3 Å². The fraction of sp³-hybridized carbons (Fsp3) is 0.444. The smallest absolute Gasteiger partial charge is 0.295 e. The summed E-state index contributed by atoms with van der Waals surface area (Å²) in [5, 5.41) is 3.02. The van der Waals surface area contributed by atoms with E-state index in [1.165, 1.54) is 0 Å². The molecule has 0 unspecified atom stereocenters. The number of hydrogen-bond acceptors (Lipinski definition) is 4. The third-order valence-corrected chi connectivity index (χ3v) is 5.53. The minimum Gasteiger partial charge on any atom is -0.341 e. The molecule has 0 saturated carbocycles. The van der Waals surface area contributed by atoms with Crippen molar-refractivity contribution in [3.8, 4) is 0 Å². The Morgan fingerprint density at radius 2 is 2.31 bits per heavy atom. The van der Waals surface area contributed by atoms with E-state index in [2.05, 4.69) is 9.71 Å². The first kappa shape index (κ1) is 11.9. The van der Waals surface area contributed by atoms with Crippen LogP contribution in [0.15, 0.2) is 14.7 Å². The van der Waals surface area contributed by atoms with Gasteiger partial charge in [-0.3, -0.25) is 0 Å². The quantitative estimate of drug-likeness (QED) is 0.905. The van der Waals surface area contributed by atoms with Crippen molar-refractivity contribution < 1.29 is 8.42 Å². The highest BCUT2D eigenvalue weighted by atomic mass is 35.5. The largest absolute Gasteiger partial charge is 0.341 e. The summed E-state index contributed by atoms with van der Waals surface area (Å²) in [6.45, 7) is 3.91. The fourth-order valence-corrected chi connectivity index (χ4v) is 4.17. The number of anilines is 1. The maximum Gasteiger partial charge on any atom is 0.295 e. The van der Waals surface area contributed by atoms with Crippen molar-refractivity contribution in [1.82, 2.24) is 0 Å². The first-order valence-corrected chi connectivity index (χ1v) is 7.48. The van der Waals surface area contributed by atoms with Gasteiger partial charge >= 0.3 is 0 Å². The van der Waals surface area contributed by atoms with Gasteiger partial charge in [0.05, 0.1) is 10.0 Å². The number of rotatable bonds is 2. The number of thiophene rings is 1. The number of hydrogen-bond donors (Lipinski definition) is 1. The number of sulfonamides is 1. The van der Waals surface area contributed by atoms with Crippen LogP contribution < -0.4 is 5.32 Å². The van der Waals surface area contributed by atoms with Crippen LogP contribution in [0.2, 0.25) is 4.34 Å². The van der Waals surface area contributed by atoms with Crippen molar-refractivity contribution >= 4 is 44.5 Å². The second-order valence-corrected chi connectivity index (χ2v) is 7.12. The summed E-state index contributed by atoms with van der Waals surface area (Å²) < 4.78 is 28.1. The Kier molecular flexibility index (Phi) is 2.98. The van der Waals surface area contributed by atoms with Gasteiger partial charge in [0.1, 0.15) is 5.84 Å². The van der Waals surface area contributed by atoms with Gasteiger partial charge in [-0.15, -0.1) is 15.7 Å². The van der Waals surface area contributed by atoms with Crippen LogP contribution in [0.5, 0.6) is 0 Å². The van der Waals surface area contributed by atoms with Crippen molar-refractivity contribution in [3.05, 3.63) is 10.4 Å². The first-order valence-electron chi connectivity index (χ1n) is 4.85. The molecule has 1 atom stereocenters. The first-order chi connectivity index (χ1) is 7.44. The van der Waals surface area contributed by atoms with Crippen LogP contribution >= 0.6 is 22.9 Å². The van der Waals surface area contributed by atoms with Crippen molar-refractivity contribution in [1.29, 1.82) is 0 Å². The normalized spacial score (nSPS) is 19.6. The average Bonchev–Trinajstić information content (AvgIpc) is 2.57. The van der Waals surface area contributed by atoms with E-state index in [4.69, 9.17) is 11.6 Å². The van der Waals surface area contributed by atoms with Crippen molar-refractivity contribution in [2.45, 2.75) is 24.5 Å². The van der Waals surface area contributed by atoms with Crippen LogP contribution in [0, 0.1) is 5.92 Å². The molecule has 0 aliphatic carbocycles. The van der Waals surface area contributed by atoms with E-state index in [0.717, 1.165) is 17.8 Å². The Labute approximate surface area is 103 Å². The maximum absolute atomic E-state index is 11.8. The van der Waals surface area contributed by atoms with E-state index in [0.29, 0.717) is 15.9 Å². The molecule has 88 valence electrons. The summed E-state index contributed by atoms with van der Waals surface area (Å²) in [4.78, 5) is 0. The fourth-order valence-electron chi connectivity index (χ4n) is 1.36. The molecule has 1 aromatic rings. The zero-order valence-electron chi connectivity index (χ0n) is 8.82. The number of nitrogens with zero attached hydrogens (tertiary/aromatic N) is 1. The second-order valence-electron chi connectivity index (χ2n) is 3.64. The molecule has 0 aromatic carbocycles. The number of fused-ring (bicyclic) bond motifs is 1. The molecule has 1 aliphatic heterocycles. The van der Waals surface area contributed by atoms with Gasteiger partial charge in [-0.1, -0.05) is 25.4 Å². The maximum atomic E-state index is 11.8. The van der Waals surface area contributed by atoms with Crippen LogP contribution in [0.3, 0.4) is 0 Å². The van der Waals surface area contributed by atoms with E-state index in [9.17, 15) is 8.42 Å². The molecular formula is C9H11ClN2O2S2. The zero-order chi connectivity index (χ0) is 11.9. The van der Waals surface area contributed by atoms with Gasteiger partial charge in [0, 0.05) is 5.92 Å². The summed E-state index contributed by atoms with van der Waals surface area (Å²) in [7, 11) is -3.57. The van der Waals surface area contributed by atoms with Crippen LogP contribution in [0.4, 0.5) is 5.69 Å². The molecule has 1 N–H and O–H groups in total. The second kappa shape index (κ2) is 4.01. The van der Waals surface area contributed by atoms with E-state index in [1.807, 2.05) is 13.8 Å². The highest BCUT2D eigenvalue weighted by Gasteiger charge is 2.29. The molecule has 2 rings (SSSR count). The topological polar surface area (TPSA) is 58.5 Å². The molecule has 0 spiro atoms. The molecule has 1 aromatic heterocycles. The predicted molar refractivity (Wildman–Crippen MR) is 67.0 cm³/mol. The third-order valence-electron chi connectivity index (χ3n) is 2.46. The highest BCUT2D eigenvalue weighted by molar-refractivity contribution is 7.92. The van der Waals surface area contributed by atoms with Crippen LogP contribution in [0.25, 0.3) is 0 Å². The minimum atomic E-state index is -3.57. The summed E-state index contributed by atoms with van der Waals surface area (Å²) >= 11 is 6.83.